The van der Waals surface area contributed by atoms with E-state index in [0.29, 0.717) is 18.8 Å². The van der Waals surface area contributed by atoms with Crippen LogP contribution in [-0.2, 0) is 6.54 Å². The maximum Gasteiger partial charge on any atom is 0.292 e. The number of nitrogens with zero attached hydrogens (tertiary/aromatic N) is 2. The van der Waals surface area contributed by atoms with Gasteiger partial charge in [0.05, 0.1) is 10.5 Å². The van der Waals surface area contributed by atoms with Crippen molar-refractivity contribution in [3.63, 3.8) is 0 Å². The van der Waals surface area contributed by atoms with Crippen molar-refractivity contribution in [1.29, 1.82) is 0 Å². The van der Waals surface area contributed by atoms with Crippen LogP contribution < -0.4 is 5.32 Å². The molecule has 1 aromatic carbocycles. The zero-order chi connectivity index (χ0) is 14.0. The first-order valence-corrected chi connectivity index (χ1v) is 6.32. The number of β-amino-alcohol motifs (C(OH)–C–C–N with tert-alkyl or cyclic N) is 1. The van der Waals surface area contributed by atoms with E-state index in [9.17, 15) is 15.2 Å². The van der Waals surface area contributed by atoms with Crippen LogP contribution in [0.5, 0.6) is 0 Å². The third-order valence-electron chi connectivity index (χ3n) is 3.50. The van der Waals surface area contributed by atoms with Gasteiger partial charge in [-0.2, -0.15) is 0 Å². The highest BCUT2D eigenvalue weighted by molar-refractivity contribution is 5.66. The minimum absolute atomic E-state index is 0.0888. The molecule has 1 heterocycles. The van der Waals surface area contributed by atoms with Gasteiger partial charge in [-0.25, -0.2) is 0 Å². The number of para-hydroxylation sites is 1. The summed E-state index contributed by atoms with van der Waals surface area (Å²) in [6.45, 7) is 3.82. The summed E-state index contributed by atoms with van der Waals surface area (Å²) in [5.41, 5.74) is 0.875. The number of nitro benzene ring substituents is 1. The van der Waals surface area contributed by atoms with E-state index in [0.717, 1.165) is 18.5 Å². The highest BCUT2D eigenvalue weighted by atomic mass is 16.6. The van der Waals surface area contributed by atoms with Crippen molar-refractivity contribution >= 4 is 11.4 Å². The second-order valence-electron chi connectivity index (χ2n) is 5.28. The Labute approximate surface area is 112 Å². The molecule has 1 aliphatic heterocycles. The van der Waals surface area contributed by atoms with Gasteiger partial charge in [0.25, 0.3) is 5.69 Å². The maximum atomic E-state index is 11.0. The Hall–Kier alpha value is -1.66. The van der Waals surface area contributed by atoms with Crippen LogP contribution in [0.15, 0.2) is 18.2 Å². The summed E-state index contributed by atoms with van der Waals surface area (Å²) >= 11 is 0. The summed E-state index contributed by atoms with van der Waals surface area (Å²) < 4.78 is 0. The van der Waals surface area contributed by atoms with Crippen LogP contribution in [0, 0.1) is 10.1 Å². The molecular weight excluding hydrogens is 246 g/mol. The van der Waals surface area contributed by atoms with Crippen LogP contribution in [0.1, 0.15) is 18.9 Å². The first-order valence-electron chi connectivity index (χ1n) is 6.32. The Kier molecular flexibility index (Phi) is 3.73. The molecule has 0 bridgehead atoms. The minimum atomic E-state index is -0.652. The molecule has 0 aromatic heterocycles. The molecule has 0 spiro atoms. The Balaban J connectivity index is 2.21. The third-order valence-corrected chi connectivity index (χ3v) is 3.50. The van der Waals surface area contributed by atoms with E-state index < -0.39 is 5.60 Å². The summed E-state index contributed by atoms with van der Waals surface area (Å²) in [6, 6.07) is 5.07. The number of aliphatic hydroxyl groups is 1. The van der Waals surface area contributed by atoms with Crippen molar-refractivity contribution in [2.24, 2.45) is 0 Å². The highest BCUT2D eigenvalue weighted by Crippen LogP contribution is 2.30. The zero-order valence-corrected chi connectivity index (χ0v) is 11.2. The van der Waals surface area contributed by atoms with E-state index >= 15 is 0 Å². The normalized spacial score (nSPS) is 23.5. The van der Waals surface area contributed by atoms with Gasteiger partial charge in [-0.1, -0.05) is 12.1 Å². The number of benzene rings is 1. The average Bonchev–Trinajstić information content (AvgIpc) is 2.68. The molecule has 0 radical (unpaired) electrons. The summed E-state index contributed by atoms with van der Waals surface area (Å²) in [4.78, 5) is 12.7. The molecule has 6 nitrogen and oxygen atoms in total. The fourth-order valence-electron chi connectivity index (χ4n) is 2.57. The molecule has 1 saturated heterocycles. The van der Waals surface area contributed by atoms with Crippen molar-refractivity contribution < 1.29 is 10.0 Å². The molecule has 0 saturated carbocycles. The van der Waals surface area contributed by atoms with Gasteiger partial charge in [0.15, 0.2) is 0 Å². The summed E-state index contributed by atoms with van der Waals surface area (Å²) in [5, 5.41) is 23.8. The standard InChI is InChI=1S/C13H19N3O3/c1-13(17)6-7-15(9-13)8-10-4-3-5-11(16(18)19)12(10)14-2/h3-5,14,17H,6-9H2,1-2H3. The first-order chi connectivity index (χ1) is 8.93. The predicted octanol–water partition coefficient (Wildman–Crippen LogP) is 1.59. The number of hydrogen-bond acceptors (Lipinski definition) is 5. The first kappa shape index (κ1) is 13.8. The molecule has 0 aliphatic carbocycles. The summed E-state index contributed by atoms with van der Waals surface area (Å²) in [7, 11) is 1.69. The second-order valence-corrected chi connectivity index (χ2v) is 5.28. The van der Waals surface area contributed by atoms with Crippen LogP contribution in [0.25, 0.3) is 0 Å². The zero-order valence-electron chi connectivity index (χ0n) is 11.2. The largest absolute Gasteiger partial charge is 0.389 e. The van der Waals surface area contributed by atoms with Crippen molar-refractivity contribution in [2.75, 3.05) is 25.5 Å². The lowest BCUT2D eigenvalue weighted by Gasteiger charge is -2.20. The SMILES string of the molecule is CNc1c(CN2CCC(C)(O)C2)cccc1[N+](=O)[O-]. The van der Waals surface area contributed by atoms with E-state index in [2.05, 4.69) is 10.2 Å². The Morgan fingerprint density at radius 1 is 1.58 bits per heavy atom. The van der Waals surface area contributed by atoms with Crippen LogP contribution in [0.3, 0.4) is 0 Å². The van der Waals surface area contributed by atoms with Gasteiger partial charge in [-0.05, 0) is 18.9 Å². The van der Waals surface area contributed by atoms with Crippen LogP contribution in [0.4, 0.5) is 11.4 Å². The van der Waals surface area contributed by atoms with Gasteiger partial charge in [0, 0.05) is 32.7 Å². The third kappa shape index (κ3) is 3.02. The second kappa shape index (κ2) is 5.14. The number of hydrogen-bond donors (Lipinski definition) is 2. The van der Waals surface area contributed by atoms with E-state index in [-0.39, 0.29) is 10.6 Å². The lowest BCUT2D eigenvalue weighted by Crippen LogP contribution is -2.29. The molecule has 1 atom stereocenters. The van der Waals surface area contributed by atoms with E-state index in [1.807, 2.05) is 13.0 Å². The number of anilines is 1. The smallest absolute Gasteiger partial charge is 0.292 e. The van der Waals surface area contributed by atoms with Crippen molar-refractivity contribution in [1.82, 2.24) is 4.90 Å². The van der Waals surface area contributed by atoms with Gasteiger partial charge in [0.1, 0.15) is 5.69 Å². The lowest BCUT2D eigenvalue weighted by atomic mass is 10.1. The Morgan fingerprint density at radius 3 is 2.84 bits per heavy atom. The number of nitrogens with one attached hydrogen (secondary N) is 1. The van der Waals surface area contributed by atoms with Crippen LogP contribution >= 0.6 is 0 Å². The van der Waals surface area contributed by atoms with E-state index in [1.165, 1.54) is 6.07 Å². The number of likely N-dealkylation sites (tertiary alicyclic amines) is 1. The maximum absolute atomic E-state index is 11.0. The number of nitro groups is 1. The molecular formula is C13H19N3O3. The fraction of sp³-hybridized carbons (Fsp3) is 0.538. The van der Waals surface area contributed by atoms with E-state index in [1.54, 1.807) is 13.1 Å². The Morgan fingerprint density at radius 2 is 2.32 bits per heavy atom. The van der Waals surface area contributed by atoms with Gasteiger partial charge >= 0.3 is 0 Å². The molecule has 1 aromatic rings. The summed E-state index contributed by atoms with van der Waals surface area (Å²) in [6.07, 6.45) is 0.733. The van der Waals surface area contributed by atoms with E-state index in [4.69, 9.17) is 0 Å². The molecule has 0 amide bonds. The van der Waals surface area contributed by atoms with Gasteiger partial charge < -0.3 is 10.4 Å². The molecule has 1 unspecified atom stereocenters. The predicted molar refractivity (Wildman–Crippen MR) is 73.2 cm³/mol. The minimum Gasteiger partial charge on any atom is -0.389 e. The topological polar surface area (TPSA) is 78.6 Å². The van der Waals surface area contributed by atoms with Gasteiger partial charge in [-0.3, -0.25) is 15.0 Å². The summed E-state index contributed by atoms with van der Waals surface area (Å²) in [5.74, 6) is 0. The van der Waals surface area contributed by atoms with Crippen LogP contribution in [-0.4, -0.2) is 40.7 Å². The van der Waals surface area contributed by atoms with Gasteiger partial charge in [-0.15, -0.1) is 0 Å². The monoisotopic (exact) mass is 265 g/mol. The number of rotatable bonds is 4. The molecule has 19 heavy (non-hydrogen) atoms. The van der Waals surface area contributed by atoms with Crippen molar-refractivity contribution in [2.45, 2.75) is 25.5 Å². The van der Waals surface area contributed by atoms with Gasteiger partial charge in [0.2, 0.25) is 0 Å². The molecule has 104 valence electrons. The molecule has 6 heteroatoms. The molecule has 2 rings (SSSR count). The average molecular weight is 265 g/mol. The lowest BCUT2D eigenvalue weighted by molar-refractivity contribution is -0.384. The molecule has 1 aliphatic rings. The quantitative estimate of drug-likeness (QED) is 0.638. The molecule has 2 N–H and O–H groups in total. The fourth-order valence-corrected chi connectivity index (χ4v) is 2.57. The van der Waals surface area contributed by atoms with Crippen molar-refractivity contribution in [3.05, 3.63) is 33.9 Å². The Bertz CT molecular complexity index is 488. The molecule has 1 fully saturated rings. The van der Waals surface area contributed by atoms with Crippen molar-refractivity contribution in [3.8, 4) is 0 Å². The highest BCUT2D eigenvalue weighted by Gasteiger charge is 2.31. The van der Waals surface area contributed by atoms with Crippen LogP contribution in [0.2, 0.25) is 0 Å².